The van der Waals surface area contributed by atoms with Gasteiger partial charge in [0.1, 0.15) is 17.4 Å². The molecule has 1 saturated heterocycles. The number of aromatic nitrogens is 4. The van der Waals surface area contributed by atoms with Gasteiger partial charge in [0.15, 0.2) is 23.8 Å². The van der Waals surface area contributed by atoms with Gasteiger partial charge >= 0.3 is 5.97 Å². The molecule has 0 unspecified atom stereocenters. The van der Waals surface area contributed by atoms with E-state index in [1.54, 1.807) is 17.8 Å². The van der Waals surface area contributed by atoms with Gasteiger partial charge < -0.3 is 20.1 Å². The highest BCUT2D eigenvalue weighted by Gasteiger charge is 2.52. The molecule has 0 aliphatic carbocycles. The van der Waals surface area contributed by atoms with Crippen molar-refractivity contribution in [1.82, 2.24) is 30.6 Å². The molecule has 2 amide bonds. The number of rotatable bonds is 10. The van der Waals surface area contributed by atoms with Gasteiger partial charge in [-0.2, -0.15) is 0 Å². The number of para-hydroxylation sites is 1. The molecule has 35 heavy (non-hydrogen) atoms. The van der Waals surface area contributed by atoms with Crippen molar-refractivity contribution < 1.29 is 32.6 Å². The number of benzene rings is 1. The van der Waals surface area contributed by atoms with Crippen molar-refractivity contribution in [3.63, 3.8) is 0 Å². The Labute approximate surface area is 201 Å². The van der Waals surface area contributed by atoms with Gasteiger partial charge in [-0.25, -0.2) is 23.2 Å². The van der Waals surface area contributed by atoms with Crippen LogP contribution < -0.4 is 10.6 Å². The molecule has 3 aromatic rings. The maximum Gasteiger partial charge on any atom is 0.338 e. The zero-order chi connectivity index (χ0) is 24.9. The number of carbonyl (C=O) groups is 3. The van der Waals surface area contributed by atoms with E-state index in [1.165, 1.54) is 23.6 Å². The molecule has 1 aromatic carbocycles. The Morgan fingerprint density at radius 3 is 2.69 bits per heavy atom. The number of carbonyl (C=O) groups excluding carboxylic acids is 3. The summed E-state index contributed by atoms with van der Waals surface area (Å²) < 4.78 is 38.8. The fraction of sp³-hybridized carbons (Fsp3) is 0.333. The first kappa shape index (κ1) is 24.3. The number of halogens is 2. The number of hydrogen-bond donors (Lipinski definition) is 2. The van der Waals surface area contributed by atoms with E-state index >= 15 is 0 Å². The smallest absolute Gasteiger partial charge is 0.338 e. The maximum atomic E-state index is 14.0. The summed E-state index contributed by atoms with van der Waals surface area (Å²) in [5.74, 6) is -3.49. The molecule has 1 fully saturated rings. The van der Waals surface area contributed by atoms with Crippen LogP contribution in [0.15, 0.2) is 35.3 Å². The molecule has 0 saturated carbocycles. The Balaban J connectivity index is 1.39. The van der Waals surface area contributed by atoms with Crippen molar-refractivity contribution >= 4 is 29.1 Å². The molecule has 2 aromatic heterocycles. The van der Waals surface area contributed by atoms with Gasteiger partial charge in [-0.15, -0.1) is 16.4 Å². The Morgan fingerprint density at radius 2 is 2.00 bits per heavy atom. The standard InChI is InChI=1S/C21H20F2N6O5S/c1-2-33-21(32)18-17(34-18)20(31)26-15(6-11-9-35-10-25-11)19(30)24-7-12-8-29(28-27-12)16-13(22)4-3-5-14(16)23/h3-5,8-10,15,17-18H,2,6-7H2,1H3,(H,24,30)(H,26,31)/t15-,17-,18-/m0/s1. The molecule has 11 nitrogen and oxygen atoms in total. The first-order chi connectivity index (χ1) is 16.9. The van der Waals surface area contributed by atoms with Crippen LogP contribution in [0.1, 0.15) is 18.3 Å². The second kappa shape index (κ2) is 10.7. The third-order valence-corrected chi connectivity index (χ3v) is 5.59. The summed E-state index contributed by atoms with van der Waals surface area (Å²) in [6.45, 7) is 1.66. The van der Waals surface area contributed by atoms with Gasteiger partial charge in [0, 0.05) is 11.8 Å². The fourth-order valence-electron chi connectivity index (χ4n) is 3.22. The lowest BCUT2D eigenvalue weighted by molar-refractivity contribution is -0.144. The largest absolute Gasteiger partial charge is 0.464 e. The lowest BCUT2D eigenvalue weighted by atomic mass is 10.1. The molecule has 4 rings (SSSR count). The molecular weight excluding hydrogens is 486 g/mol. The average molecular weight is 506 g/mol. The summed E-state index contributed by atoms with van der Waals surface area (Å²) >= 11 is 1.33. The highest BCUT2D eigenvalue weighted by atomic mass is 32.1. The summed E-state index contributed by atoms with van der Waals surface area (Å²) in [5.41, 5.74) is 2.00. The van der Waals surface area contributed by atoms with Crippen LogP contribution in [0.25, 0.3) is 5.69 Å². The van der Waals surface area contributed by atoms with Gasteiger partial charge in [0.25, 0.3) is 5.91 Å². The Hall–Kier alpha value is -3.78. The van der Waals surface area contributed by atoms with Gasteiger partial charge in [0.2, 0.25) is 5.91 Å². The molecule has 3 heterocycles. The maximum absolute atomic E-state index is 14.0. The number of ether oxygens (including phenoxy) is 2. The predicted octanol–water partition coefficient (Wildman–Crippen LogP) is 0.676. The molecule has 1 aliphatic rings. The minimum atomic E-state index is -1.05. The van der Waals surface area contributed by atoms with E-state index in [-0.39, 0.29) is 25.3 Å². The summed E-state index contributed by atoms with van der Waals surface area (Å²) in [5, 5.41) is 14.4. The minimum absolute atomic E-state index is 0.0883. The number of esters is 1. The van der Waals surface area contributed by atoms with E-state index in [2.05, 4.69) is 25.9 Å². The van der Waals surface area contributed by atoms with E-state index < -0.39 is 53.4 Å². The number of nitrogens with zero attached hydrogens (tertiary/aromatic N) is 4. The SMILES string of the molecule is CCOC(=O)[C@H]1O[C@@H]1C(=O)N[C@@H](Cc1cscn1)C(=O)NCc1cn(-c2c(F)cccc2F)nn1. The molecule has 14 heteroatoms. The number of amides is 2. The molecule has 0 spiro atoms. The average Bonchev–Trinajstić information content (AvgIpc) is 3.22. The highest BCUT2D eigenvalue weighted by Crippen LogP contribution is 2.24. The molecule has 2 N–H and O–H groups in total. The lowest BCUT2D eigenvalue weighted by Crippen LogP contribution is -2.49. The second-order valence-corrected chi connectivity index (χ2v) is 8.14. The Kier molecular flexibility index (Phi) is 7.41. The lowest BCUT2D eigenvalue weighted by Gasteiger charge is -2.17. The molecule has 3 atom stereocenters. The predicted molar refractivity (Wildman–Crippen MR) is 116 cm³/mol. The molecule has 0 bridgehead atoms. The van der Waals surface area contributed by atoms with E-state index in [1.807, 2.05) is 0 Å². The van der Waals surface area contributed by atoms with Gasteiger partial charge in [0.05, 0.1) is 30.6 Å². The summed E-state index contributed by atoms with van der Waals surface area (Å²) in [6, 6.07) is 2.37. The van der Waals surface area contributed by atoms with Crippen LogP contribution in [0.3, 0.4) is 0 Å². The van der Waals surface area contributed by atoms with E-state index in [9.17, 15) is 23.2 Å². The van der Waals surface area contributed by atoms with Gasteiger partial charge in [-0.05, 0) is 19.1 Å². The van der Waals surface area contributed by atoms with E-state index in [4.69, 9.17) is 9.47 Å². The van der Waals surface area contributed by atoms with Crippen LogP contribution in [0.2, 0.25) is 0 Å². The van der Waals surface area contributed by atoms with Crippen LogP contribution in [0.5, 0.6) is 0 Å². The minimum Gasteiger partial charge on any atom is -0.464 e. The van der Waals surface area contributed by atoms with Crippen LogP contribution in [-0.2, 0) is 36.8 Å². The first-order valence-electron chi connectivity index (χ1n) is 10.5. The van der Waals surface area contributed by atoms with Crippen molar-refractivity contribution in [2.24, 2.45) is 0 Å². The highest BCUT2D eigenvalue weighted by molar-refractivity contribution is 7.07. The van der Waals surface area contributed by atoms with E-state index in [0.29, 0.717) is 5.69 Å². The van der Waals surface area contributed by atoms with E-state index in [0.717, 1.165) is 16.8 Å². The molecule has 1 aliphatic heterocycles. The van der Waals surface area contributed by atoms with Crippen LogP contribution in [0, 0.1) is 11.6 Å². The number of epoxide rings is 1. The number of nitrogens with one attached hydrogen (secondary N) is 2. The van der Waals surface area contributed by atoms with Crippen LogP contribution >= 0.6 is 11.3 Å². The van der Waals surface area contributed by atoms with Gasteiger partial charge in [-0.1, -0.05) is 11.3 Å². The molecule has 184 valence electrons. The van der Waals surface area contributed by atoms with Crippen LogP contribution in [0.4, 0.5) is 8.78 Å². The topological polar surface area (TPSA) is 141 Å². The third kappa shape index (κ3) is 5.84. The summed E-state index contributed by atoms with van der Waals surface area (Å²) in [6.07, 6.45) is -0.690. The summed E-state index contributed by atoms with van der Waals surface area (Å²) in [4.78, 5) is 41.2. The van der Waals surface area contributed by atoms with Gasteiger partial charge in [-0.3, -0.25) is 9.59 Å². The second-order valence-electron chi connectivity index (χ2n) is 7.42. The van der Waals surface area contributed by atoms with Crippen LogP contribution in [-0.4, -0.2) is 62.6 Å². The van der Waals surface area contributed by atoms with Crippen molar-refractivity contribution in [1.29, 1.82) is 0 Å². The molecular formula is C21H20F2N6O5S. The Morgan fingerprint density at radius 1 is 1.23 bits per heavy atom. The zero-order valence-corrected chi connectivity index (χ0v) is 19.1. The third-order valence-electron chi connectivity index (χ3n) is 4.95. The zero-order valence-electron chi connectivity index (χ0n) is 18.3. The fourth-order valence-corrected chi connectivity index (χ4v) is 3.79. The number of thiazole rings is 1. The Bertz CT molecular complexity index is 1200. The first-order valence-corrected chi connectivity index (χ1v) is 11.4. The van der Waals surface area contributed by atoms with Crippen molar-refractivity contribution in [3.05, 3.63) is 58.3 Å². The quantitative estimate of drug-likeness (QED) is 0.302. The van der Waals surface area contributed by atoms with Crippen molar-refractivity contribution in [2.75, 3.05) is 6.61 Å². The summed E-state index contributed by atoms with van der Waals surface area (Å²) in [7, 11) is 0. The monoisotopic (exact) mass is 506 g/mol. The molecule has 0 radical (unpaired) electrons. The number of hydrogen-bond acceptors (Lipinski definition) is 9. The van der Waals surface area contributed by atoms with Crippen molar-refractivity contribution in [2.45, 2.75) is 38.1 Å². The normalized spacial score (nSPS) is 17.5. The van der Waals surface area contributed by atoms with Crippen molar-refractivity contribution in [3.8, 4) is 5.69 Å².